The van der Waals surface area contributed by atoms with Crippen LogP contribution in [0, 0.1) is 0 Å². The second kappa shape index (κ2) is 8.69. The van der Waals surface area contributed by atoms with Gasteiger partial charge in [0.25, 0.3) is 0 Å². The van der Waals surface area contributed by atoms with E-state index in [1.165, 1.54) is 6.92 Å². The highest BCUT2D eigenvalue weighted by Crippen LogP contribution is 1.70. The maximum Gasteiger partial charge on any atom is 0.328 e. The van der Waals surface area contributed by atoms with Gasteiger partial charge in [0, 0.05) is 12.2 Å². The molecule has 6 nitrogen and oxygen atoms in total. The molecule has 1 unspecified atom stereocenters. The summed E-state index contributed by atoms with van der Waals surface area (Å²) in [4.78, 5) is 19.1. The molecule has 0 aliphatic carbocycles. The van der Waals surface area contributed by atoms with Gasteiger partial charge in [0.1, 0.15) is 0 Å². The van der Waals surface area contributed by atoms with Crippen molar-refractivity contribution in [1.29, 1.82) is 0 Å². The van der Waals surface area contributed by atoms with Gasteiger partial charge < -0.3 is 20.4 Å². The molecule has 13 heavy (non-hydrogen) atoms. The summed E-state index contributed by atoms with van der Waals surface area (Å²) in [5.74, 6) is -2.51. The van der Waals surface area contributed by atoms with E-state index >= 15 is 0 Å². The van der Waals surface area contributed by atoms with Crippen LogP contribution < -0.4 is 0 Å². The topological polar surface area (TPSA) is 115 Å². The van der Waals surface area contributed by atoms with E-state index in [4.69, 9.17) is 20.4 Å². The summed E-state index contributed by atoms with van der Waals surface area (Å²) in [6, 6.07) is 0. The van der Waals surface area contributed by atoms with Crippen LogP contribution in [0.15, 0.2) is 12.2 Å². The van der Waals surface area contributed by atoms with Crippen molar-refractivity contribution in [1.82, 2.24) is 0 Å². The van der Waals surface area contributed by atoms with E-state index in [1.807, 2.05) is 0 Å². The molecule has 0 aromatic rings. The number of carboxylic acids is 2. The molecular formula is C7H12O6. The van der Waals surface area contributed by atoms with Gasteiger partial charge in [0.2, 0.25) is 0 Å². The lowest BCUT2D eigenvalue weighted by Gasteiger charge is -1.90. The quantitative estimate of drug-likeness (QED) is 0.429. The molecule has 0 aliphatic rings. The lowest BCUT2D eigenvalue weighted by molar-refractivity contribution is -0.134. The van der Waals surface area contributed by atoms with Crippen LogP contribution in [-0.4, -0.2) is 45.1 Å². The molecule has 0 aromatic heterocycles. The molecule has 0 bridgehead atoms. The van der Waals surface area contributed by atoms with Gasteiger partial charge in [-0.3, -0.25) is 0 Å². The van der Waals surface area contributed by atoms with E-state index in [2.05, 4.69) is 0 Å². The summed E-state index contributed by atoms with van der Waals surface area (Å²) < 4.78 is 0. The molecule has 0 radical (unpaired) electrons. The molecule has 0 spiro atoms. The number of rotatable bonds is 3. The van der Waals surface area contributed by atoms with Gasteiger partial charge in [0.05, 0.1) is 12.7 Å². The van der Waals surface area contributed by atoms with Crippen LogP contribution in [0.5, 0.6) is 0 Å². The van der Waals surface area contributed by atoms with E-state index in [-0.39, 0.29) is 6.61 Å². The first-order valence-corrected chi connectivity index (χ1v) is 3.33. The van der Waals surface area contributed by atoms with Crippen LogP contribution in [0.1, 0.15) is 6.92 Å². The van der Waals surface area contributed by atoms with E-state index in [1.54, 1.807) is 0 Å². The van der Waals surface area contributed by atoms with Crippen molar-refractivity contribution in [2.45, 2.75) is 13.0 Å². The average Bonchev–Trinajstić information content (AvgIpc) is 2.02. The molecule has 4 N–H and O–H groups in total. The lowest BCUT2D eigenvalue weighted by Crippen LogP contribution is -2.03. The predicted octanol–water partition coefficient (Wildman–Crippen LogP) is -0.929. The van der Waals surface area contributed by atoms with Crippen molar-refractivity contribution in [3.63, 3.8) is 0 Å². The minimum Gasteiger partial charge on any atom is -0.478 e. The van der Waals surface area contributed by atoms with Crippen molar-refractivity contribution in [3.05, 3.63) is 12.2 Å². The minimum atomic E-state index is -1.26. The summed E-state index contributed by atoms with van der Waals surface area (Å²) in [6.45, 7) is 1.39. The van der Waals surface area contributed by atoms with Crippen LogP contribution >= 0.6 is 0 Å². The highest BCUT2D eigenvalue weighted by Gasteiger charge is 1.88. The van der Waals surface area contributed by atoms with Gasteiger partial charge in [-0.15, -0.1) is 0 Å². The molecule has 6 heteroatoms. The molecule has 0 aliphatic heterocycles. The van der Waals surface area contributed by atoms with Crippen molar-refractivity contribution < 1.29 is 30.0 Å². The highest BCUT2D eigenvalue weighted by molar-refractivity contribution is 5.89. The van der Waals surface area contributed by atoms with Gasteiger partial charge in [-0.1, -0.05) is 0 Å². The van der Waals surface area contributed by atoms with E-state index < -0.39 is 18.0 Å². The minimum absolute atomic E-state index is 0.139. The van der Waals surface area contributed by atoms with Crippen molar-refractivity contribution in [2.24, 2.45) is 0 Å². The molecular weight excluding hydrogens is 180 g/mol. The van der Waals surface area contributed by atoms with Gasteiger partial charge >= 0.3 is 11.9 Å². The summed E-state index contributed by atoms with van der Waals surface area (Å²) in [6.07, 6.45) is 0.556. The average molecular weight is 192 g/mol. The third kappa shape index (κ3) is 25.0. The van der Waals surface area contributed by atoms with Crippen LogP contribution in [0.3, 0.4) is 0 Å². The second-order valence-corrected chi connectivity index (χ2v) is 2.04. The Balaban J connectivity index is 0. The predicted molar refractivity (Wildman–Crippen MR) is 43.2 cm³/mol. The number of hydrogen-bond acceptors (Lipinski definition) is 4. The van der Waals surface area contributed by atoms with Crippen LogP contribution in [0.4, 0.5) is 0 Å². The van der Waals surface area contributed by atoms with Crippen LogP contribution in [0.2, 0.25) is 0 Å². The lowest BCUT2D eigenvalue weighted by atomic mass is 10.5. The molecule has 0 saturated heterocycles. The Bertz CT molecular complexity index is 167. The van der Waals surface area contributed by atoms with E-state index in [9.17, 15) is 9.59 Å². The molecule has 1 atom stereocenters. The number of aliphatic hydroxyl groups is 2. The Morgan fingerprint density at radius 1 is 1.23 bits per heavy atom. The summed E-state index contributed by atoms with van der Waals surface area (Å²) >= 11 is 0. The zero-order valence-corrected chi connectivity index (χ0v) is 7.04. The summed E-state index contributed by atoms with van der Waals surface area (Å²) in [7, 11) is 0. The fourth-order valence-electron chi connectivity index (χ4n) is 0.143. The first kappa shape index (κ1) is 14.1. The standard InChI is InChI=1S/C4H4O4.C3H8O2/c5-3(6)1-2-4(7)8;1-3(5)2-4/h1-2H,(H,5,6)(H,7,8);3-5H,2H2,1H3/b2-1-;. The Morgan fingerprint density at radius 3 is 1.54 bits per heavy atom. The van der Waals surface area contributed by atoms with Gasteiger partial charge in [-0.05, 0) is 6.92 Å². The normalized spacial score (nSPS) is 11.6. The molecule has 0 heterocycles. The smallest absolute Gasteiger partial charge is 0.328 e. The highest BCUT2D eigenvalue weighted by atomic mass is 16.4. The Kier molecular flexibility index (Phi) is 9.46. The third-order valence-corrected chi connectivity index (χ3v) is 0.633. The maximum atomic E-state index is 9.55. The van der Waals surface area contributed by atoms with Crippen molar-refractivity contribution in [2.75, 3.05) is 6.61 Å². The number of hydrogen-bond donors (Lipinski definition) is 4. The first-order chi connectivity index (χ1) is 5.90. The van der Waals surface area contributed by atoms with E-state index in [0.717, 1.165) is 0 Å². The zero-order valence-electron chi connectivity index (χ0n) is 7.04. The van der Waals surface area contributed by atoms with Crippen LogP contribution in [0.25, 0.3) is 0 Å². The Labute approximate surface area is 74.7 Å². The molecule has 0 rings (SSSR count). The Hall–Kier alpha value is -1.40. The monoisotopic (exact) mass is 192 g/mol. The first-order valence-electron chi connectivity index (χ1n) is 3.33. The second-order valence-electron chi connectivity index (χ2n) is 2.04. The summed E-state index contributed by atoms with van der Waals surface area (Å²) in [5, 5.41) is 31.6. The zero-order chi connectivity index (χ0) is 10.9. The Morgan fingerprint density at radius 2 is 1.46 bits per heavy atom. The molecule has 76 valence electrons. The van der Waals surface area contributed by atoms with Crippen LogP contribution in [-0.2, 0) is 9.59 Å². The number of carboxylic acid groups (broad SMARTS) is 2. The number of aliphatic hydroxyl groups excluding tert-OH is 2. The molecule has 0 fully saturated rings. The SMILES string of the molecule is CC(O)CO.O=C(O)/C=C\C(=O)O. The molecule has 0 saturated carbocycles. The summed E-state index contributed by atoms with van der Waals surface area (Å²) in [5.41, 5.74) is 0. The fraction of sp³-hybridized carbons (Fsp3) is 0.429. The fourth-order valence-corrected chi connectivity index (χ4v) is 0.143. The van der Waals surface area contributed by atoms with Crippen molar-refractivity contribution >= 4 is 11.9 Å². The number of carbonyl (C=O) groups is 2. The largest absolute Gasteiger partial charge is 0.478 e. The van der Waals surface area contributed by atoms with Crippen molar-refractivity contribution in [3.8, 4) is 0 Å². The number of aliphatic carboxylic acids is 2. The molecule has 0 aromatic carbocycles. The maximum absolute atomic E-state index is 9.55. The van der Waals surface area contributed by atoms with Gasteiger partial charge in [0.15, 0.2) is 0 Å². The molecule has 0 amide bonds. The van der Waals surface area contributed by atoms with Gasteiger partial charge in [-0.2, -0.15) is 0 Å². The third-order valence-electron chi connectivity index (χ3n) is 0.633. The van der Waals surface area contributed by atoms with Gasteiger partial charge in [-0.25, -0.2) is 9.59 Å². The van der Waals surface area contributed by atoms with E-state index in [0.29, 0.717) is 12.2 Å².